The number of pyridine rings is 2. The second-order valence-electron chi connectivity index (χ2n) is 5.40. The number of nitrogens with zero attached hydrogens (tertiary/aromatic N) is 3. The van der Waals surface area contributed by atoms with Crippen LogP contribution >= 0.6 is 0 Å². The van der Waals surface area contributed by atoms with E-state index in [2.05, 4.69) is 39.1 Å². The minimum Gasteiger partial charge on any atom is -0.353 e. The lowest BCUT2D eigenvalue weighted by atomic mass is 9.97. The summed E-state index contributed by atoms with van der Waals surface area (Å²) in [5.41, 5.74) is 2.49. The molecule has 4 heterocycles. The summed E-state index contributed by atoms with van der Waals surface area (Å²) in [4.78, 5) is 10.7. The summed E-state index contributed by atoms with van der Waals surface area (Å²) in [5, 5.41) is 0. The summed E-state index contributed by atoms with van der Waals surface area (Å²) < 4.78 is 6.32. The summed E-state index contributed by atoms with van der Waals surface area (Å²) in [6.45, 7) is 1.11. The first-order valence-corrected chi connectivity index (χ1v) is 7.14. The molecule has 20 heavy (non-hydrogen) atoms. The van der Waals surface area contributed by atoms with Crippen molar-refractivity contribution in [3.63, 3.8) is 0 Å². The Morgan fingerprint density at radius 1 is 0.950 bits per heavy atom. The molecule has 4 heteroatoms. The summed E-state index contributed by atoms with van der Waals surface area (Å²) in [5.74, 6) is 0. The lowest BCUT2D eigenvalue weighted by molar-refractivity contribution is 0.0173. The number of aromatic nitrogens is 2. The van der Waals surface area contributed by atoms with Crippen LogP contribution in [0.25, 0.3) is 0 Å². The van der Waals surface area contributed by atoms with E-state index in [0.29, 0.717) is 0 Å². The van der Waals surface area contributed by atoms with Gasteiger partial charge in [0.25, 0.3) is 0 Å². The Kier molecular flexibility index (Phi) is 2.98. The smallest absolute Gasteiger partial charge is 0.112 e. The van der Waals surface area contributed by atoms with Gasteiger partial charge in [0.2, 0.25) is 0 Å². The zero-order valence-corrected chi connectivity index (χ0v) is 11.2. The maximum atomic E-state index is 6.32. The van der Waals surface area contributed by atoms with E-state index >= 15 is 0 Å². The Labute approximate surface area is 118 Å². The topological polar surface area (TPSA) is 38.2 Å². The maximum absolute atomic E-state index is 6.32. The largest absolute Gasteiger partial charge is 0.353 e. The third-order valence-corrected chi connectivity index (χ3v) is 4.27. The van der Waals surface area contributed by atoms with Gasteiger partial charge in [-0.05, 0) is 48.2 Å². The van der Waals surface area contributed by atoms with Crippen molar-refractivity contribution in [1.82, 2.24) is 14.9 Å². The molecule has 1 unspecified atom stereocenters. The van der Waals surface area contributed by atoms with E-state index in [-0.39, 0.29) is 18.4 Å². The van der Waals surface area contributed by atoms with Crippen molar-refractivity contribution in [1.29, 1.82) is 0 Å². The van der Waals surface area contributed by atoms with Crippen molar-refractivity contribution >= 4 is 0 Å². The Hall–Kier alpha value is -1.78. The molecule has 2 fully saturated rings. The molecule has 0 aromatic carbocycles. The standard InChI is InChI=1S/C16H17N3O/c1-2-14-19(11-1)15(12-3-7-17-8-4-12)16(20-14)13-5-9-18-10-6-13/h3-10,14-16H,1-2,11H2/t14-,15+,16?/m0/s1. The van der Waals surface area contributed by atoms with E-state index in [1.54, 1.807) is 0 Å². The Bertz CT molecular complexity index is 575. The summed E-state index contributed by atoms with van der Waals surface area (Å²) in [6.07, 6.45) is 10.1. The Morgan fingerprint density at radius 3 is 2.30 bits per heavy atom. The summed E-state index contributed by atoms with van der Waals surface area (Å²) >= 11 is 0. The highest BCUT2D eigenvalue weighted by Gasteiger charge is 2.45. The second-order valence-corrected chi connectivity index (χ2v) is 5.40. The molecule has 2 aliphatic rings. The molecule has 0 bridgehead atoms. The van der Waals surface area contributed by atoms with Crippen LogP contribution in [0, 0.1) is 0 Å². The van der Waals surface area contributed by atoms with Gasteiger partial charge in [0.05, 0.1) is 6.04 Å². The van der Waals surface area contributed by atoms with Crippen LogP contribution in [0.15, 0.2) is 49.1 Å². The Morgan fingerprint density at radius 2 is 1.60 bits per heavy atom. The van der Waals surface area contributed by atoms with Crippen LogP contribution in [-0.2, 0) is 4.74 Å². The fourth-order valence-corrected chi connectivity index (χ4v) is 3.38. The van der Waals surface area contributed by atoms with Gasteiger partial charge in [-0.3, -0.25) is 14.9 Å². The quantitative estimate of drug-likeness (QED) is 0.838. The molecular formula is C16H17N3O. The second kappa shape index (κ2) is 4.96. The monoisotopic (exact) mass is 267 g/mol. The molecule has 4 rings (SSSR count). The number of fused-ring (bicyclic) bond motifs is 1. The van der Waals surface area contributed by atoms with Crippen LogP contribution in [0.5, 0.6) is 0 Å². The van der Waals surface area contributed by atoms with Crippen LogP contribution < -0.4 is 0 Å². The fourth-order valence-electron chi connectivity index (χ4n) is 3.38. The lowest BCUT2D eigenvalue weighted by Crippen LogP contribution is -2.26. The summed E-state index contributed by atoms with van der Waals surface area (Å²) in [7, 11) is 0. The van der Waals surface area contributed by atoms with Gasteiger partial charge in [-0.15, -0.1) is 0 Å². The molecule has 0 amide bonds. The zero-order valence-electron chi connectivity index (χ0n) is 11.2. The average Bonchev–Trinajstić information content (AvgIpc) is 3.09. The molecule has 0 spiro atoms. The van der Waals surface area contributed by atoms with E-state index in [4.69, 9.17) is 4.74 Å². The Balaban J connectivity index is 1.74. The van der Waals surface area contributed by atoms with Gasteiger partial charge in [0, 0.05) is 31.3 Å². The van der Waals surface area contributed by atoms with Gasteiger partial charge in [0.15, 0.2) is 0 Å². The van der Waals surface area contributed by atoms with Gasteiger partial charge in [0.1, 0.15) is 12.3 Å². The van der Waals surface area contributed by atoms with Crippen molar-refractivity contribution in [2.45, 2.75) is 31.2 Å². The van der Waals surface area contributed by atoms with Crippen molar-refractivity contribution in [3.8, 4) is 0 Å². The molecule has 0 radical (unpaired) electrons. The molecular weight excluding hydrogens is 250 g/mol. The van der Waals surface area contributed by atoms with E-state index in [1.807, 2.05) is 24.8 Å². The first kappa shape index (κ1) is 12.0. The third kappa shape index (κ3) is 1.92. The molecule has 2 aliphatic heterocycles. The van der Waals surface area contributed by atoms with E-state index in [1.165, 1.54) is 17.5 Å². The van der Waals surface area contributed by atoms with Crippen LogP contribution in [0.4, 0.5) is 0 Å². The van der Waals surface area contributed by atoms with Crippen LogP contribution in [0.3, 0.4) is 0 Å². The third-order valence-electron chi connectivity index (χ3n) is 4.27. The number of hydrogen-bond donors (Lipinski definition) is 0. The predicted molar refractivity (Wildman–Crippen MR) is 74.8 cm³/mol. The van der Waals surface area contributed by atoms with E-state index < -0.39 is 0 Å². The van der Waals surface area contributed by atoms with Crippen molar-refractivity contribution < 1.29 is 4.74 Å². The van der Waals surface area contributed by atoms with E-state index in [9.17, 15) is 0 Å². The normalized spacial score (nSPS) is 29.5. The van der Waals surface area contributed by atoms with Gasteiger partial charge < -0.3 is 4.74 Å². The predicted octanol–water partition coefficient (Wildman–Crippen LogP) is 2.71. The first-order chi connectivity index (χ1) is 9.93. The van der Waals surface area contributed by atoms with Crippen molar-refractivity contribution in [2.75, 3.05) is 6.54 Å². The SMILES string of the molecule is c1cc(C2O[C@H]3CCCN3[C@@H]2c2ccncc2)ccn1. The molecule has 2 aromatic rings. The molecule has 3 atom stereocenters. The zero-order chi connectivity index (χ0) is 13.4. The number of hydrogen-bond acceptors (Lipinski definition) is 4. The highest BCUT2D eigenvalue weighted by atomic mass is 16.5. The highest BCUT2D eigenvalue weighted by Crippen LogP contribution is 2.47. The highest BCUT2D eigenvalue weighted by molar-refractivity contribution is 5.26. The molecule has 0 N–H and O–H groups in total. The molecule has 0 aliphatic carbocycles. The van der Waals surface area contributed by atoms with Gasteiger partial charge in [-0.2, -0.15) is 0 Å². The fraction of sp³-hybridized carbons (Fsp3) is 0.375. The van der Waals surface area contributed by atoms with Gasteiger partial charge in [-0.25, -0.2) is 0 Å². The van der Waals surface area contributed by atoms with Crippen LogP contribution in [0.1, 0.15) is 36.1 Å². The van der Waals surface area contributed by atoms with Gasteiger partial charge in [-0.1, -0.05) is 0 Å². The maximum Gasteiger partial charge on any atom is 0.112 e. The molecule has 2 saturated heterocycles. The summed E-state index contributed by atoms with van der Waals surface area (Å²) in [6, 6.07) is 8.60. The lowest BCUT2D eigenvalue weighted by Gasteiger charge is -2.25. The average molecular weight is 267 g/mol. The minimum atomic E-state index is 0.0886. The van der Waals surface area contributed by atoms with Gasteiger partial charge >= 0.3 is 0 Å². The molecule has 4 nitrogen and oxygen atoms in total. The van der Waals surface area contributed by atoms with Crippen molar-refractivity contribution in [2.24, 2.45) is 0 Å². The minimum absolute atomic E-state index is 0.0886. The molecule has 0 saturated carbocycles. The number of ether oxygens (including phenoxy) is 1. The van der Waals surface area contributed by atoms with Crippen LogP contribution in [-0.4, -0.2) is 27.6 Å². The molecule has 2 aromatic heterocycles. The number of rotatable bonds is 2. The van der Waals surface area contributed by atoms with E-state index in [0.717, 1.165) is 13.0 Å². The van der Waals surface area contributed by atoms with Crippen LogP contribution in [0.2, 0.25) is 0 Å². The van der Waals surface area contributed by atoms with Crippen molar-refractivity contribution in [3.05, 3.63) is 60.2 Å². The molecule has 102 valence electrons. The first-order valence-electron chi connectivity index (χ1n) is 7.14.